The second-order valence-corrected chi connectivity index (χ2v) is 6.46. The molecule has 1 aromatic heterocycles. The first kappa shape index (κ1) is 15.9. The Labute approximate surface area is 133 Å². The number of nitrogens with zero attached hydrogens (tertiary/aromatic N) is 2. The van der Waals surface area contributed by atoms with Gasteiger partial charge in [-0.2, -0.15) is 13.2 Å². The number of nitrogens with one attached hydrogen (secondary N) is 1. The molecule has 0 radical (unpaired) electrons. The molecular formula is C14H13F3N4OS. The Morgan fingerprint density at radius 3 is 2.43 bits per heavy atom. The lowest BCUT2D eigenvalue weighted by molar-refractivity contribution is -0.138. The Hall–Kier alpha value is -2.00. The molecule has 0 atom stereocenters. The number of hydrogen-bond donors (Lipinski definition) is 2. The van der Waals surface area contributed by atoms with Crippen molar-refractivity contribution in [1.29, 1.82) is 0 Å². The molecule has 1 fully saturated rings. The highest BCUT2D eigenvalue weighted by molar-refractivity contribution is 7.15. The van der Waals surface area contributed by atoms with Gasteiger partial charge in [0.25, 0.3) is 0 Å². The van der Waals surface area contributed by atoms with E-state index in [0.29, 0.717) is 24.2 Å². The van der Waals surface area contributed by atoms with E-state index in [9.17, 15) is 18.0 Å². The summed E-state index contributed by atoms with van der Waals surface area (Å²) < 4.78 is 37.6. The Morgan fingerprint density at radius 1 is 1.26 bits per heavy atom. The molecule has 0 spiro atoms. The standard InChI is InChI=1S/C14H13F3N4OS/c15-14(16,17)11-20-21-12(23-11)19-10(22)13(6-9(18)7-13)8-4-2-1-3-5-8/h1-5,9H,6-7,18H2,(H,19,21,22). The largest absolute Gasteiger partial charge is 0.445 e. The van der Waals surface area contributed by atoms with E-state index >= 15 is 0 Å². The maximum atomic E-state index is 12.6. The van der Waals surface area contributed by atoms with Gasteiger partial charge < -0.3 is 5.73 Å². The molecule has 3 rings (SSSR count). The van der Waals surface area contributed by atoms with Crippen LogP contribution in [-0.2, 0) is 16.4 Å². The average molecular weight is 342 g/mol. The number of benzene rings is 1. The van der Waals surface area contributed by atoms with E-state index in [1.807, 2.05) is 18.2 Å². The van der Waals surface area contributed by atoms with Crippen LogP contribution in [-0.4, -0.2) is 22.1 Å². The first-order valence-corrected chi connectivity index (χ1v) is 7.66. The van der Waals surface area contributed by atoms with Crippen LogP contribution in [0.25, 0.3) is 0 Å². The molecule has 1 aromatic carbocycles. The monoisotopic (exact) mass is 342 g/mol. The number of halogens is 3. The second kappa shape index (κ2) is 5.57. The van der Waals surface area contributed by atoms with E-state index < -0.39 is 22.5 Å². The molecule has 0 saturated heterocycles. The second-order valence-electron chi connectivity index (χ2n) is 5.48. The molecule has 1 aliphatic carbocycles. The zero-order chi connectivity index (χ0) is 16.7. The smallest absolute Gasteiger partial charge is 0.328 e. The summed E-state index contributed by atoms with van der Waals surface area (Å²) in [5, 5.41) is 7.64. The van der Waals surface area contributed by atoms with Gasteiger partial charge in [-0.3, -0.25) is 10.1 Å². The topological polar surface area (TPSA) is 80.9 Å². The highest BCUT2D eigenvalue weighted by atomic mass is 32.1. The van der Waals surface area contributed by atoms with Crippen molar-refractivity contribution >= 4 is 22.4 Å². The van der Waals surface area contributed by atoms with E-state index in [2.05, 4.69) is 15.5 Å². The van der Waals surface area contributed by atoms with Gasteiger partial charge in [-0.1, -0.05) is 41.7 Å². The van der Waals surface area contributed by atoms with Gasteiger partial charge >= 0.3 is 6.18 Å². The fourth-order valence-corrected chi connectivity index (χ4v) is 3.36. The van der Waals surface area contributed by atoms with Gasteiger partial charge in [-0.15, -0.1) is 10.2 Å². The van der Waals surface area contributed by atoms with Crippen LogP contribution >= 0.6 is 11.3 Å². The Kier molecular flexibility index (Phi) is 3.85. The quantitative estimate of drug-likeness (QED) is 0.898. The summed E-state index contributed by atoms with van der Waals surface area (Å²) in [6.45, 7) is 0. The number of anilines is 1. The van der Waals surface area contributed by atoms with Crippen molar-refractivity contribution in [2.24, 2.45) is 5.73 Å². The zero-order valence-corrected chi connectivity index (χ0v) is 12.6. The van der Waals surface area contributed by atoms with Crippen molar-refractivity contribution in [3.05, 3.63) is 40.9 Å². The summed E-state index contributed by atoms with van der Waals surface area (Å²) in [6, 6.07) is 8.95. The normalized spacial score (nSPS) is 24.1. The van der Waals surface area contributed by atoms with Crippen molar-refractivity contribution in [1.82, 2.24) is 10.2 Å². The Morgan fingerprint density at radius 2 is 1.91 bits per heavy atom. The predicted molar refractivity (Wildman–Crippen MR) is 78.9 cm³/mol. The summed E-state index contributed by atoms with van der Waals surface area (Å²) in [5.41, 5.74) is 5.79. The van der Waals surface area contributed by atoms with Crippen molar-refractivity contribution < 1.29 is 18.0 Å². The van der Waals surface area contributed by atoms with Crippen LogP contribution in [0.1, 0.15) is 23.4 Å². The minimum absolute atomic E-state index is 0.110. The molecule has 1 amide bonds. The number of nitrogens with two attached hydrogens (primary N) is 1. The van der Waals surface area contributed by atoms with E-state index in [1.165, 1.54) is 0 Å². The van der Waals surface area contributed by atoms with Gasteiger partial charge in [0.05, 0.1) is 5.41 Å². The third-order valence-electron chi connectivity index (χ3n) is 3.87. The van der Waals surface area contributed by atoms with Crippen molar-refractivity contribution in [2.75, 3.05) is 5.32 Å². The summed E-state index contributed by atoms with van der Waals surface area (Å²) in [4.78, 5) is 12.6. The summed E-state index contributed by atoms with van der Waals surface area (Å²) in [6.07, 6.45) is -3.70. The van der Waals surface area contributed by atoms with E-state index in [0.717, 1.165) is 5.56 Å². The molecule has 0 unspecified atom stereocenters. The van der Waals surface area contributed by atoms with Gasteiger partial charge in [-0.25, -0.2) is 0 Å². The molecule has 1 saturated carbocycles. The highest BCUT2D eigenvalue weighted by Crippen LogP contribution is 2.44. The zero-order valence-electron chi connectivity index (χ0n) is 11.8. The fourth-order valence-electron chi connectivity index (χ4n) is 2.75. The summed E-state index contributed by atoms with van der Waals surface area (Å²) in [7, 11) is 0. The maximum Gasteiger partial charge on any atom is 0.445 e. The van der Waals surface area contributed by atoms with Crippen LogP contribution in [0, 0.1) is 0 Å². The van der Waals surface area contributed by atoms with Gasteiger partial charge in [-0.05, 0) is 18.4 Å². The lowest BCUT2D eigenvalue weighted by Crippen LogP contribution is -2.56. The SMILES string of the molecule is NC1CC(C(=O)Nc2nnc(C(F)(F)F)s2)(c2ccccc2)C1. The molecule has 2 aromatic rings. The molecule has 5 nitrogen and oxygen atoms in total. The number of carbonyl (C=O) groups excluding carboxylic acids is 1. The average Bonchev–Trinajstić information content (AvgIpc) is 2.93. The van der Waals surface area contributed by atoms with E-state index in [-0.39, 0.29) is 11.2 Å². The first-order chi connectivity index (χ1) is 10.8. The Balaban J connectivity index is 1.82. The van der Waals surface area contributed by atoms with Gasteiger partial charge in [0, 0.05) is 6.04 Å². The van der Waals surface area contributed by atoms with Gasteiger partial charge in [0.1, 0.15) is 0 Å². The number of alkyl halides is 3. The molecule has 9 heteroatoms. The number of rotatable bonds is 3. The lowest BCUT2D eigenvalue weighted by atomic mass is 9.61. The molecule has 1 aliphatic rings. The maximum absolute atomic E-state index is 12.6. The number of amides is 1. The van der Waals surface area contributed by atoms with Crippen LogP contribution in [0.3, 0.4) is 0 Å². The predicted octanol–water partition coefficient (Wildman–Crippen LogP) is 2.55. The molecule has 23 heavy (non-hydrogen) atoms. The summed E-state index contributed by atoms with van der Waals surface area (Å²) >= 11 is 0.304. The lowest BCUT2D eigenvalue weighted by Gasteiger charge is -2.44. The van der Waals surface area contributed by atoms with E-state index in [1.54, 1.807) is 12.1 Å². The molecule has 0 aliphatic heterocycles. The molecule has 1 heterocycles. The van der Waals surface area contributed by atoms with Crippen LogP contribution in [0.5, 0.6) is 0 Å². The highest BCUT2D eigenvalue weighted by Gasteiger charge is 2.50. The van der Waals surface area contributed by atoms with Crippen molar-refractivity contribution in [2.45, 2.75) is 30.5 Å². The van der Waals surface area contributed by atoms with Crippen LogP contribution < -0.4 is 11.1 Å². The molecule has 0 bridgehead atoms. The Bertz CT molecular complexity index is 710. The van der Waals surface area contributed by atoms with Gasteiger partial charge in [0.2, 0.25) is 16.0 Å². The minimum atomic E-state index is -4.57. The molecular weight excluding hydrogens is 329 g/mol. The van der Waals surface area contributed by atoms with Gasteiger partial charge in [0.15, 0.2) is 0 Å². The number of hydrogen-bond acceptors (Lipinski definition) is 5. The minimum Gasteiger partial charge on any atom is -0.328 e. The first-order valence-electron chi connectivity index (χ1n) is 6.84. The number of aromatic nitrogens is 2. The van der Waals surface area contributed by atoms with Crippen molar-refractivity contribution in [3.63, 3.8) is 0 Å². The van der Waals surface area contributed by atoms with Crippen LogP contribution in [0.15, 0.2) is 30.3 Å². The third kappa shape index (κ3) is 2.93. The fraction of sp³-hybridized carbons (Fsp3) is 0.357. The van der Waals surface area contributed by atoms with Crippen LogP contribution in [0.4, 0.5) is 18.3 Å². The van der Waals surface area contributed by atoms with Crippen LogP contribution in [0.2, 0.25) is 0 Å². The van der Waals surface area contributed by atoms with E-state index in [4.69, 9.17) is 5.73 Å². The number of carbonyl (C=O) groups is 1. The third-order valence-corrected chi connectivity index (χ3v) is 4.75. The molecule has 3 N–H and O–H groups in total. The summed E-state index contributed by atoms with van der Waals surface area (Å²) in [5.74, 6) is -0.407. The molecule has 122 valence electrons. The van der Waals surface area contributed by atoms with Crippen molar-refractivity contribution in [3.8, 4) is 0 Å².